The van der Waals surface area contributed by atoms with E-state index in [1.165, 1.54) is 0 Å². The van der Waals surface area contributed by atoms with E-state index in [1.807, 2.05) is 6.07 Å². The SMILES string of the molecule is O=C(O[C@H]1C(=O)C[C@@H]2CC[C@H]1N2)c1ccccc1. The number of carbonyl (C=O) groups excluding carboxylic acids is 2. The largest absolute Gasteiger partial charge is 0.449 e. The van der Waals surface area contributed by atoms with Gasteiger partial charge in [-0.15, -0.1) is 0 Å². The number of carbonyl (C=O) groups is 2. The first-order chi connectivity index (χ1) is 8.74. The van der Waals surface area contributed by atoms with Gasteiger partial charge in [0.25, 0.3) is 0 Å². The summed E-state index contributed by atoms with van der Waals surface area (Å²) in [7, 11) is 0. The number of esters is 1. The van der Waals surface area contributed by atoms with E-state index in [1.54, 1.807) is 24.3 Å². The van der Waals surface area contributed by atoms with E-state index < -0.39 is 12.1 Å². The topological polar surface area (TPSA) is 55.4 Å². The number of ether oxygens (including phenoxy) is 1. The van der Waals surface area contributed by atoms with Gasteiger partial charge in [-0.25, -0.2) is 4.79 Å². The lowest BCUT2D eigenvalue weighted by molar-refractivity contribution is -0.131. The second kappa shape index (κ2) is 4.53. The smallest absolute Gasteiger partial charge is 0.338 e. The molecule has 0 saturated carbocycles. The maximum absolute atomic E-state index is 11.9. The summed E-state index contributed by atoms with van der Waals surface area (Å²) in [6, 6.07) is 9.08. The number of fused-ring (bicyclic) bond motifs is 2. The van der Waals surface area contributed by atoms with Crippen molar-refractivity contribution in [3.63, 3.8) is 0 Å². The number of hydrogen-bond acceptors (Lipinski definition) is 4. The van der Waals surface area contributed by atoms with Crippen LogP contribution >= 0.6 is 0 Å². The first kappa shape index (κ1) is 11.4. The van der Waals surface area contributed by atoms with Crippen LogP contribution in [0.4, 0.5) is 0 Å². The highest BCUT2D eigenvalue weighted by molar-refractivity contribution is 5.93. The van der Waals surface area contributed by atoms with Gasteiger partial charge < -0.3 is 10.1 Å². The van der Waals surface area contributed by atoms with Crippen LogP contribution in [-0.4, -0.2) is 29.9 Å². The standard InChI is InChI=1S/C14H15NO3/c16-12-8-10-6-7-11(15-10)13(12)18-14(17)9-4-2-1-3-5-9/h1-5,10-11,13,15H,6-8H2/t10-,11+,13+/m0/s1. The first-order valence-corrected chi connectivity index (χ1v) is 6.29. The highest BCUT2D eigenvalue weighted by Crippen LogP contribution is 2.27. The molecule has 2 bridgehead atoms. The van der Waals surface area contributed by atoms with Gasteiger partial charge in [0.2, 0.25) is 0 Å². The molecule has 18 heavy (non-hydrogen) atoms. The highest BCUT2D eigenvalue weighted by Gasteiger charge is 2.42. The zero-order valence-electron chi connectivity index (χ0n) is 9.96. The van der Waals surface area contributed by atoms with Crippen LogP contribution in [0.25, 0.3) is 0 Å². The molecule has 1 N–H and O–H groups in total. The third-order valence-corrected chi connectivity index (χ3v) is 3.65. The number of piperidine rings is 1. The van der Waals surface area contributed by atoms with E-state index in [0.717, 1.165) is 12.8 Å². The van der Waals surface area contributed by atoms with Crippen LogP contribution in [0.15, 0.2) is 30.3 Å². The lowest BCUT2D eigenvalue weighted by Crippen LogP contribution is -2.51. The number of rotatable bonds is 2. The quantitative estimate of drug-likeness (QED) is 0.798. The Morgan fingerprint density at radius 2 is 2.00 bits per heavy atom. The molecule has 0 spiro atoms. The molecule has 0 amide bonds. The van der Waals surface area contributed by atoms with Crippen molar-refractivity contribution in [2.24, 2.45) is 0 Å². The van der Waals surface area contributed by atoms with E-state index in [0.29, 0.717) is 12.0 Å². The summed E-state index contributed by atoms with van der Waals surface area (Å²) < 4.78 is 5.37. The van der Waals surface area contributed by atoms with Crippen molar-refractivity contribution in [3.8, 4) is 0 Å². The highest BCUT2D eigenvalue weighted by atomic mass is 16.5. The van der Waals surface area contributed by atoms with Crippen LogP contribution in [0.3, 0.4) is 0 Å². The van der Waals surface area contributed by atoms with Crippen LogP contribution in [0.2, 0.25) is 0 Å². The number of ketones is 1. The van der Waals surface area contributed by atoms with E-state index in [2.05, 4.69) is 5.32 Å². The number of benzene rings is 1. The zero-order valence-corrected chi connectivity index (χ0v) is 9.96. The van der Waals surface area contributed by atoms with Crippen molar-refractivity contribution in [1.29, 1.82) is 0 Å². The molecule has 2 heterocycles. The molecule has 2 aliphatic rings. The van der Waals surface area contributed by atoms with Gasteiger partial charge in [-0.1, -0.05) is 18.2 Å². The van der Waals surface area contributed by atoms with Crippen molar-refractivity contribution >= 4 is 11.8 Å². The van der Waals surface area contributed by atoms with Crippen LogP contribution < -0.4 is 5.32 Å². The van der Waals surface area contributed by atoms with Crippen molar-refractivity contribution in [2.45, 2.75) is 37.5 Å². The van der Waals surface area contributed by atoms with Gasteiger partial charge >= 0.3 is 5.97 Å². The minimum absolute atomic E-state index is 0.00362. The van der Waals surface area contributed by atoms with Gasteiger partial charge in [-0.2, -0.15) is 0 Å². The molecule has 2 fully saturated rings. The minimum atomic E-state index is -0.614. The fourth-order valence-electron chi connectivity index (χ4n) is 2.74. The summed E-state index contributed by atoms with van der Waals surface area (Å²) in [6.45, 7) is 0. The molecule has 0 radical (unpaired) electrons. The molecular formula is C14H15NO3. The fourth-order valence-corrected chi connectivity index (χ4v) is 2.74. The van der Waals surface area contributed by atoms with Crippen LogP contribution in [0.5, 0.6) is 0 Å². The van der Waals surface area contributed by atoms with Crippen molar-refractivity contribution in [2.75, 3.05) is 0 Å². The van der Waals surface area contributed by atoms with Gasteiger partial charge in [-0.3, -0.25) is 4.79 Å². The molecular weight excluding hydrogens is 230 g/mol. The normalized spacial score (nSPS) is 30.2. The van der Waals surface area contributed by atoms with E-state index in [4.69, 9.17) is 4.74 Å². The number of hydrogen-bond donors (Lipinski definition) is 1. The Hall–Kier alpha value is -1.68. The molecule has 3 atom stereocenters. The average Bonchev–Trinajstić information content (AvgIpc) is 2.79. The summed E-state index contributed by atoms with van der Waals surface area (Å²) in [5, 5.41) is 3.33. The molecule has 4 nitrogen and oxygen atoms in total. The zero-order chi connectivity index (χ0) is 12.5. The van der Waals surface area contributed by atoms with Gasteiger partial charge in [0.1, 0.15) is 0 Å². The summed E-state index contributed by atoms with van der Waals surface area (Å²) in [5.41, 5.74) is 0.491. The summed E-state index contributed by atoms with van der Waals surface area (Å²) in [4.78, 5) is 23.8. The van der Waals surface area contributed by atoms with Crippen molar-refractivity contribution < 1.29 is 14.3 Å². The molecule has 4 heteroatoms. The number of nitrogens with one attached hydrogen (secondary N) is 1. The Bertz CT molecular complexity index is 471. The maximum Gasteiger partial charge on any atom is 0.338 e. The summed E-state index contributed by atoms with van der Waals surface area (Å²) in [6.07, 6.45) is 1.76. The van der Waals surface area contributed by atoms with Crippen molar-refractivity contribution in [1.82, 2.24) is 5.32 Å². The first-order valence-electron chi connectivity index (χ1n) is 6.29. The van der Waals surface area contributed by atoms with E-state index in [-0.39, 0.29) is 17.9 Å². The van der Waals surface area contributed by atoms with Gasteiger partial charge in [0.15, 0.2) is 11.9 Å². The lowest BCUT2D eigenvalue weighted by atomic mass is 10.0. The van der Waals surface area contributed by atoms with Gasteiger partial charge in [-0.05, 0) is 25.0 Å². The third-order valence-electron chi connectivity index (χ3n) is 3.65. The fraction of sp³-hybridized carbons (Fsp3) is 0.429. The molecule has 3 rings (SSSR count). The molecule has 2 aliphatic heterocycles. The van der Waals surface area contributed by atoms with E-state index >= 15 is 0 Å². The summed E-state index contributed by atoms with van der Waals surface area (Å²) >= 11 is 0. The Morgan fingerprint density at radius 3 is 2.78 bits per heavy atom. The molecule has 1 aromatic rings. The van der Waals surface area contributed by atoms with Crippen LogP contribution in [0, 0.1) is 0 Å². The predicted octanol–water partition coefficient (Wildman–Crippen LogP) is 1.31. The second-order valence-corrected chi connectivity index (χ2v) is 4.91. The predicted molar refractivity (Wildman–Crippen MR) is 65.2 cm³/mol. The van der Waals surface area contributed by atoms with E-state index in [9.17, 15) is 9.59 Å². The monoisotopic (exact) mass is 245 g/mol. The Balaban J connectivity index is 1.72. The molecule has 0 unspecified atom stereocenters. The Labute approximate surface area is 105 Å². The maximum atomic E-state index is 11.9. The van der Waals surface area contributed by atoms with Gasteiger partial charge in [0, 0.05) is 12.5 Å². The minimum Gasteiger partial charge on any atom is -0.449 e. The lowest BCUT2D eigenvalue weighted by Gasteiger charge is -2.28. The molecule has 94 valence electrons. The second-order valence-electron chi connectivity index (χ2n) is 4.91. The van der Waals surface area contributed by atoms with Gasteiger partial charge in [0.05, 0.1) is 11.6 Å². The van der Waals surface area contributed by atoms with Crippen LogP contribution in [0.1, 0.15) is 29.6 Å². The third kappa shape index (κ3) is 2.04. The van der Waals surface area contributed by atoms with Crippen molar-refractivity contribution in [3.05, 3.63) is 35.9 Å². The number of Topliss-reactive ketones (excluding diaryl/α,β-unsaturated/α-hetero) is 1. The van der Waals surface area contributed by atoms with Crippen LogP contribution in [-0.2, 0) is 9.53 Å². The Kier molecular flexibility index (Phi) is 2.88. The average molecular weight is 245 g/mol. The molecule has 2 saturated heterocycles. The molecule has 1 aromatic carbocycles. The summed E-state index contributed by atoms with van der Waals surface area (Å²) in [5.74, 6) is -0.369. The Morgan fingerprint density at radius 1 is 1.22 bits per heavy atom. The molecule has 0 aromatic heterocycles. The molecule has 0 aliphatic carbocycles.